The SMILES string of the molecule is O=C(C1CCN(S(=O)(=O)c2ccccc2F)CC1)N1CCCN(Cc2ccc(F)cc2)CC1. The first-order valence-corrected chi connectivity index (χ1v) is 12.8. The minimum Gasteiger partial charge on any atom is -0.341 e. The van der Waals surface area contributed by atoms with Crippen LogP contribution in [0.2, 0.25) is 0 Å². The highest BCUT2D eigenvalue weighted by Gasteiger charge is 2.35. The lowest BCUT2D eigenvalue weighted by atomic mass is 9.96. The highest BCUT2D eigenvalue weighted by atomic mass is 32.2. The van der Waals surface area contributed by atoms with Crippen LogP contribution in [0.15, 0.2) is 53.4 Å². The number of hydrogen-bond donors (Lipinski definition) is 0. The molecule has 178 valence electrons. The van der Waals surface area contributed by atoms with Gasteiger partial charge in [-0.05, 0) is 49.1 Å². The van der Waals surface area contributed by atoms with Crippen LogP contribution in [0.25, 0.3) is 0 Å². The highest BCUT2D eigenvalue weighted by Crippen LogP contribution is 2.26. The predicted octanol–water partition coefficient (Wildman–Crippen LogP) is 3.10. The maximum absolute atomic E-state index is 14.0. The Morgan fingerprint density at radius 2 is 1.58 bits per heavy atom. The topological polar surface area (TPSA) is 60.9 Å². The molecule has 0 bridgehead atoms. The van der Waals surface area contributed by atoms with Gasteiger partial charge in [0.1, 0.15) is 16.5 Å². The van der Waals surface area contributed by atoms with Crippen molar-refractivity contribution in [3.05, 3.63) is 65.7 Å². The van der Waals surface area contributed by atoms with E-state index >= 15 is 0 Å². The van der Waals surface area contributed by atoms with Gasteiger partial charge in [0.05, 0.1) is 0 Å². The largest absolute Gasteiger partial charge is 0.341 e. The second kappa shape index (κ2) is 10.3. The minimum atomic E-state index is -3.91. The van der Waals surface area contributed by atoms with E-state index in [4.69, 9.17) is 0 Å². The van der Waals surface area contributed by atoms with Crippen LogP contribution in [-0.4, -0.2) is 67.7 Å². The number of amides is 1. The van der Waals surface area contributed by atoms with E-state index in [9.17, 15) is 22.0 Å². The number of benzene rings is 2. The number of carbonyl (C=O) groups is 1. The lowest BCUT2D eigenvalue weighted by Crippen LogP contribution is -2.45. The molecule has 0 N–H and O–H groups in total. The molecule has 0 radical (unpaired) electrons. The third-order valence-electron chi connectivity index (χ3n) is 6.48. The molecule has 2 aliphatic heterocycles. The van der Waals surface area contributed by atoms with Crippen molar-refractivity contribution in [2.45, 2.75) is 30.7 Å². The van der Waals surface area contributed by atoms with Gasteiger partial charge in [-0.25, -0.2) is 17.2 Å². The quantitative estimate of drug-likeness (QED) is 0.664. The number of nitrogens with zero attached hydrogens (tertiary/aromatic N) is 3. The van der Waals surface area contributed by atoms with Crippen molar-refractivity contribution in [3.63, 3.8) is 0 Å². The fourth-order valence-electron chi connectivity index (χ4n) is 4.59. The number of piperidine rings is 1. The maximum Gasteiger partial charge on any atom is 0.245 e. The normalized spacial score (nSPS) is 19.4. The third kappa shape index (κ3) is 5.59. The molecule has 2 aromatic rings. The Morgan fingerprint density at radius 1 is 0.879 bits per heavy atom. The number of halogens is 2. The third-order valence-corrected chi connectivity index (χ3v) is 8.41. The van der Waals surface area contributed by atoms with E-state index in [1.165, 1.54) is 34.6 Å². The zero-order valence-electron chi connectivity index (χ0n) is 18.5. The summed E-state index contributed by atoms with van der Waals surface area (Å²) in [6.45, 7) is 4.02. The molecule has 1 amide bonds. The first kappa shape index (κ1) is 23.8. The molecule has 2 saturated heterocycles. The lowest BCUT2D eigenvalue weighted by Gasteiger charge is -2.33. The van der Waals surface area contributed by atoms with Gasteiger partial charge in [0.15, 0.2) is 0 Å². The van der Waals surface area contributed by atoms with Crippen molar-refractivity contribution < 1.29 is 22.0 Å². The summed E-state index contributed by atoms with van der Waals surface area (Å²) in [5.74, 6) is -1.16. The molecule has 0 spiro atoms. The van der Waals surface area contributed by atoms with Gasteiger partial charge in [-0.15, -0.1) is 0 Å². The summed E-state index contributed by atoms with van der Waals surface area (Å²) >= 11 is 0. The number of hydrogen-bond acceptors (Lipinski definition) is 4. The molecule has 9 heteroatoms. The Hall–Kier alpha value is -2.36. The van der Waals surface area contributed by atoms with E-state index in [0.29, 0.717) is 32.5 Å². The van der Waals surface area contributed by atoms with Gasteiger partial charge >= 0.3 is 0 Å². The van der Waals surface area contributed by atoms with Gasteiger partial charge in [-0.3, -0.25) is 9.69 Å². The fourth-order valence-corrected chi connectivity index (χ4v) is 6.13. The van der Waals surface area contributed by atoms with Crippen molar-refractivity contribution >= 4 is 15.9 Å². The molecule has 2 fully saturated rings. The van der Waals surface area contributed by atoms with Crippen LogP contribution in [0.5, 0.6) is 0 Å². The van der Waals surface area contributed by atoms with Crippen LogP contribution in [-0.2, 0) is 21.4 Å². The molecule has 0 aliphatic carbocycles. The van der Waals surface area contributed by atoms with E-state index in [0.717, 1.165) is 31.1 Å². The Bertz CT molecular complexity index is 1070. The van der Waals surface area contributed by atoms with Gasteiger partial charge in [-0.2, -0.15) is 4.31 Å². The van der Waals surface area contributed by atoms with Crippen molar-refractivity contribution in [1.82, 2.24) is 14.1 Å². The smallest absolute Gasteiger partial charge is 0.245 e. The monoisotopic (exact) mass is 477 g/mol. The van der Waals surface area contributed by atoms with Gasteiger partial charge in [-0.1, -0.05) is 24.3 Å². The lowest BCUT2D eigenvalue weighted by molar-refractivity contribution is -0.136. The van der Waals surface area contributed by atoms with E-state index < -0.39 is 15.8 Å². The van der Waals surface area contributed by atoms with Gasteiger partial charge in [0.25, 0.3) is 0 Å². The van der Waals surface area contributed by atoms with Crippen LogP contribution < -0.4 is 0 Å². The molecule has 2 aliphatic rings. The molecule has 0 aromatic heterocycles. The van der Waals surface area contributed by atoms with E-state index in [-0.39, 0.29) is 35.6 Å². The first-order valence-electron chi connectivity index (χ1n) is 11.3. The molecule has 0 unspecified atom stereocenters. The second-order valence-electron chi connectivity index (χ2n) is 8.69. The summed E-state index contributed by atoms with van der Waals surface area (Å²) in [6.07, 6.45) is 1.72. The fraction of sp³-hybridized carbons (Fsp3) is 0.458. The van der Waals surface area contributed by atoms with Crippen LogP contribution in [0, 0.1) is 17.6 Å². The highest BCUT2D eigenvalue weighted by molar-refractivity contribution is 7.89. The number of carbonyl (C=O) groups excluding carboxylic acids is 1. The molecular weight excluding hydrogens is 448 g/mol. The second-order valence-corrected chi connectivity index (χ2v) is 10.6. The summed E-state index contributed by atoms with van der Waals surface area (Å²) in [4.78, 5) is 17.0. The van der Waals surface area contributed by atoms with Gasteiger partial charge < -0.3 is 4.90 Å². The molecule has 2 heterocycles. The Morgan fingerprint density at radius 3 is 2.27 bits per heavy atom. The number of rotatable bonds is 5. The van der Waals surface area contributed by atoms with Gasteiger partial charge in [0, 0.05) is 51.7 Å². The van der Waals surface area contributed by atoms with E-state index in [1.807, 2.05) is 4.90 Å². The molecule has 0 saturated carbocycles. The summed E-state index contributed by atoms with van der Waals surface area (Å²) < 4.78 is 54.0. The van der Waals surface area contributed by atoms with E-state index in [1.54, 1.807) is 12.1 Å². The van der Waals surface area contributed by atoms with Crippen LogP contribution in [0.3, 0.4) is 0 Å². The molecule has 33 heavy (non-hydrogen) atoms. The summed E-state index contributed by atoms with van der Waals surface area (Å²) in [7, 11) is -3.91. The average Bonchev–Trinajstić information content (AvgIpc) is 3.06. The summed E-state index contributed by atoms with van der Waals surface area (Å²) in [5, 5.41) is 0. The molecule has 2 aromatic carbocycles. The van der Waals surface area contributed by atoms with E-state index in [2.05, 4.69) is 4.90 Å². The standard InChI is InChI=1S/C24H29F2N3O3S/c25-21-8-6-19(7-9-21)18-27-12-3-13-28(17-16-27)24(30)20-10-14-29(15-11-20)33(31,32)23-5-2-1-4-22(23)26/h1-2,4-9,20H,3,10-18H2. The van der Waals surface area contributed by atoms with Gasteiger partial charge in [0.2, 0.25) is 15.9 Å². The molecule has 0 atom stereocenters. The Kier molecular flexibility index (Phi) is 7.41. The Balaban J connectivity index is 1.30. The van der Waals surface area contributed by atoms with Crippen molar-refractivity contribution in [3.8, 4) is 0 Å². The maximum atomic E-state index is 14.0. The average molecular weight is 478 g/mol. The van der Waals surface area contributed by atoms with Crippen LogP contribution >= 0.6 is 0 Å². The van der Waals surface area contributed by atoms with Crippen LogP contribution in [0.1, 0.15) is 24.8 Å². The summed E-state index contributed by atoms with van der Waals surface area (Å²) in [6, 6.07) is 11.9. The summed E-state index contributed by atoms with van der Waals surface area (Å²) in [5.41, 5.74) is 1.04. The zero-order valence-corrected chi connectivity index (χ0v) is 19.3. The molecule has 6 nitrogen and oxygen atoms in total. The van der Waals surface area contributed by atoms with Crippen molar-refractivity contribution in [2.75, 3.05) is 39.3 Å². The van der Waals surface area contributed by atoms with Crippen molar-refractivity contribution in [1.29, 1.82) is 0 Å². The predicted molar refractivity (Wildman–Crippen MR) is 121 cm³/mol. The Labute approximate surface area is 193 Å². The molecular formula is C24H29F2N3O3S. The zero-order chi connectivity index (χ0) is 23.4. The first-order chi connectivity index (χ1) is 15.8. The number of sulfonamides is 1. The molecule has 4 rings (SSSR count). The van der Waals surface area contributed by atoms with Crippen LogP contribution in [0.4, 0.5) is 8.78 Å². The van der Waals surface area contributed by atoms with Crippen molar-refractivity contribution in [2.24, 2.45) is 5.92 Å². The minimum absolute atomic E-state index is 0.0709.